The Bertz CT molecular complexity index is 1260. The molecule has 2 aliphatic heterocycles. The van der Waals surface area contributed by atoms with E-state index in [9.17, 15) is 19.7 Å². The summed E-state index contributed by atoms with van der Waals surface area (Å²) in [5, 5.41) is 11.4. The van der Waals surface area contributed by atoms with E-state index in [0.29, 0.717) is 31.0 Å². The molecular formula is C23H21N3O5. The van der Waals surface area contributed by atoms with E-state index in [-0.39, 0.29) is 34.7 Å². The van der Waals surface area contributed by atoms with Crippen LogP contribution >= 0.6 is 0 Å². The Labute approximate surface area is 177 Å². The van der Waals surface area contributed by atoms with Crippen molar-refractivity contribution in [3.05, 3.63) is 86.0 Å². The highest BCUT2D eigenvalue weighted by molar-refractivity contribution is 5.92. The molecule has 0 spiro atoms. The summed E-state index contributed by atoms with van der Waals surface area (Å²) in [7, 11) is 0. The third kappa shape index (κ3) is 3.34. The molecular weight excluding hydrogens is 398 g/mol. The highest BCUT2D eigenvalue weighted by Gasteiger charge is 2.37. The number of benzene rings is 1. The maximum Gasteiger partial charge on any atom is 0.289 e. The lowest BCUT2D eigenvalue weighted by Crippen LogP contribution is -2.49. The fourth-order valence-corrected chi connectivity index (χ4v) is 4.82. The molecule has 2 bridgehead atoms. The SMILES string of the molecule is Cc1ccc(-c2ccc(C(=O)N3CC4CC(C3)c3cccc(=O)n3C4)o2)c([N+](=O)[O-])c1. The van der Waals surface area contributed by atoms with Crippen molar-refractivity contribution < 1.29 is 14.1 Å². The number of carbonyl (C=O) groups excluding carboxylic acids is 1. The Hall–Kier alpha value is -3.68. The van der Waals surface area contributed by atoms with Gasteiger partial charge < -0.3 is 13.9 Å². The van der Waals surface area contributed by atoms with Gasteiger partial charge in [-0.1, -0.05) is 12.1 Å². The summed E-state index contributed by atoms with van der Waals surface area (Å²) in [6.07, 6.45) is 0.951. The van der Waals surface area contributed by atoms with Gasteiger partial charge in [-0.25, -0.2) is 0 Å². The van der Waals surface area contributed by atoms with Gasteiger partial charge in [0.2, 0.25) is 0 Å². The minimum Gasteiger partial charge on any atom is -0.451 e. The number of rotatable bonds is 3. The highest BCUT2D eigenvalue weighted by atomic mass is 16.6. The zero-order valence-corrected chi connectivity index (χ0v) is 17.0. The van der Waals surface area contributed by atoms with E-state index in [4.69, 9.17) is 4.42 Å². The van der Waals surface area contributed by atoms with Gasteiger partial charge in [-0.05, 0) is 49.1 Å². The van der Waals surface area contributed by atoms with Crippen LogP contribution in [0.5, 0.6) is 0 Å². The van der Waals surface area contributed by atoms with Crippen LogP contribution in [-0.4, -0.2) is 33.4 Å². The summed E-state index contributed by atoms with van der Waals surface area (Å²) >= 11 is 0. The van der Waals surface area contributed by atoms with Crippen LogP contribution in [0.3, 0.4) is 0 Å². The molecule has 31 heavy (non-hydrogen) atoms. The lowest BCUT2D eigenvalue weighted by atomic mass is 9.83. The fraction of sp³-hybridized carbons (Fsp3) is 0.304. The van der Waals surface area contributed by atoms with Crippen LogP contribution in [0.4, 0.5) is 5.69 Å². The first-order valence-electron chi connectivity index (χ1n) is 10.2. The van der Waals surface area contributed by atoms with Gasteiger partial charge in [0, 0.05) is 43.4 Å². The molecule has 2 unspecified atom stereocenters. The van der Waals surface area contributed by atoms with Crippen molar-refractivity contribution in [1.29, 1.82) is 0 Å². The number of fused-ring (bicyclic) bond motifs is 4. The van der Waals surface area contributed by atoms with Gasteiger partial charge >= 0.3 is 0 Å². The van der Waals surface area contributed by atoms with E-state index in [1.807, 2.05) is 10.6 Å². The normalized spacial score (nSPS) is 19.7. The number of nitro groups is 1. The molecule has 5 rings (SSSR count). The molecule has 1 saturated heterocycles. The van der Waals surface area contributed by atoms with Crippen LogP contribution in [0.15, 0.2) is 57.7 Å². The first kappa shape index (κ1) is 19.3. The van der Waals surface area contributed by atoms with Gasteiger partial charge in [-0.2, -0.15) is 0 Å². The summed E-state index contributed by atoms with van der Waals surface area (Å²) < 4.78 is 7.60. The third-order valence-corrected chi connectivity index (χ3v) is 6.20. The van der Waals surface area contributed by atoms with E-state index in [2.05, 4.69) is 0 Å². The highest BCUT2D eigenvalue weighted by Crippen LogP contribution is 2.36. The molecule has 3 aromatic rings. The average molecular weight is 419 g/mol. The number of likely N-dealkylation sites (tertiary alicyclic amines) is 1. The first-order chi connectivity index (χ1) is 14.9. The number of carbonyl (C=O) groups is 1. The smallest absolute Gasteiger partial charge is 0.289 e. The van der Waals surface area contributed by atoms with Gasteiger partial charge in [0.1, 0.15) is 5.76 Å². The van der Waals surface area contributed by atoms with E-state index in [0.717, 1.165) is 17.7 Å². The van der Waals surface area contributed by atoms with E-state index in [1.165, 1.54) is 6.07 Å². The molecule has 158 valence electrons. The lowest BCUT2D eigenvalue weighted by molar-refractivity contribution is -0.384. The first-order valence-corrected chi connectivity index (χ1v) is 10.2. The molecule has 2 aromatic heterocycles. The van der Waals surface area contributed by atoms with Gasteiger partial charge in [-0.3, -0.25) is 19.7 Å². The molecule has 2 atom stereocenters. The van der Waals surface area contributed by atoms with E-state index in [1.54, 1.807) is 48.2 Å². The molecule has 0 N–H and O–H groups in total. The maximum atomic E-state index is 13.2. The topological polar surface area (TPSA) is 98.6 Å². The second-order valence-electron chi connectivity index (χ2n) is 8.35. The number of aryl methyl sites for hydroxylation is 1. The molecule has 0 aliphatic carbocycles. The summed E-state index contributed by atoms with van der Waals surface area (Å²) in [6.45, 7) is 3.46. The monoisotopic (exact) mass is 419 g/mol. The Morgan fingerprint density at radius 3 is 2.77 bits per heavy atom. The average Bonchev–Trinajstić information content (AvgIpc) is 3.24. The van der Waals surface area contributed by atoms with Crippen LogP contribution in [0.25, 0.3) is 11.3 Å². The molecule has 2 aliphatic rings. The molecule has 1 amide bonds. The maximum absolute atomic E-state index is 13.2. The Morgan fingerprint density at radius 2 is 1.97 bits per heavy atom. The molecule has 4 heterocycles. The zero-order chi connectivity index (χ0) is 21.7. The van der Waals surface area contributed by atoms with Crippen LogP contribution < -0.4 is 5.56 Å². The van der Waals surface area contributed by atoms with Gasteiger partial charge in [0.05, 0.1) is 10.5 Å². The van der Waals surface area contributed by atoms with Crippen molar-refractivity contribution in [1.82, 2.24) is 9.47 Å². The minimum atomic E-state index is -0.447. The molecule has 8 nitrogen and oxygen atoms in total. The lowest BCUT2D eigenvalue weighted by Gasteiger charge is -2.42. The summed E-state index contributed by atoms with van der Waals surface area (Å²) in [6, 6.07) is 13.4. The predicted molar refractivity (Wildman–Crippen MR) is 113 cm³/mol. The van der Waals surface area contributed by atoms with Crippen LogP contribution in [0.2, 0.25) is 0 Å². The number of furan rings is 1. The van der Waals surface area contributed by atoms with E-state index < -0.39 is 4.92 Å². The van der Waals surface area contributed by atoms with Crippen molar-refractivity contribution in [3.63, 3.8) is 0 Å². The Morgan fingerprint density at radius 1 is 1.13 bits per heavy atom. The Kier molecular flexibility index (Phi) is 4.50. The predicted octanol–water partition coefficient (Wildman–Crippen LogP) is 3.58. The van der Waals surface area contributed by atoms with Crippen LogP contribution in [0.1, 0.15) is 34.2 Å². The second-order valence-corrected chi connectivity index (χ2v) is 8.35. The summed E-state index contributed by atoms with van der Waals surface area (Å²) in [5.74, 6) is 0.544. The quantitative estimate of drug-likeness (QED) is 0.477. The summed E-state index contributed by atoms with van der Waals surface area (Å²) in [5.41, 5.74) is 2.04. The van der Waals surface area contributed by atoms with Gasteiger partial charge in [0.15, 0.2) is 5.76 Å². The standard InChI is InChI=1S/C23H21N3O5/c1-14-5-6-17(19(9-14)26(29)30)20-7-8-21(31-20)23(28)24-11-15-10-16(13-24)18-3-2-4-22(27)25(18)12-15/h2-9,15-16H,10-13H2,1H3. The molecule has 0 radical (unpaired) electrons. The fourth-order valence-electron chi connectivity index (χ4n) is 4.82. The Balaban J connectivity index is 1.41. The number of nitro benzene ring substituents is 1. The number of hydrogen-bond acceptors (Lipinski definition) is 5. The molecule has 8 heteroatoms. The van der Waals surface area contributed by atoms with Crippen LogP contribution in [0, 0.1) is 23.0 Å². The number of piperidine rings is 1. The number of nitrogens with zero attached hydrogens (tertiary/aromatic N) is 3. The van der Waals surface area contributed by atoms with Gasteiger partial charge in [0.25, 0.3) is 17.2 Å². The summed E-state index contributed by atoms with van der Waals surface area (Å²) in [4.78, 5) is 38.1. The molecule has 1 aromatic carbocycles. The van der Waals surface area contributed by atoms with Crippen molar-refractivity contribution >= 4 is 11.6 Å². The largest absolute Gasteiger partial charge is 0.451 e. The van der Waals surface area contributed by atoms with Crippen molar-refractivity contribution in [2.75, 3.05) is 13.1 Å². The van der Waals surface area contributed by atoms with E-state index >= 15 is 0 Å². The second kappa shape index (κ2) is 7.23. The van der Waals surface area contributed by atoms with Crippen molar-refractivity contribution in [2.45, 2.75) is 25.8 Å². The third-order valence-electron chi connectivity index (χ3n) is 6.20. The molecule has 1 fully saturated rings. The number of pyridine rings is 1. The molecule has 0 saturated carbocycles. The number of aromatic nitrogens is 1. The van der Waals surface area contributed by atoms with Crippen molar-refractivity contribution in [3.8, 4) is 11.3 Å². The number of hydrogen-bond donors (Lipinski definition) is 0. The zero-order valence-electron chi connectivity index (χ0n) is 17.0. The minimum absolute atomic E-state index is 0.00217. The van der Waals surface area contributed by atoms with Crippen LogP contribution in [-0.2, 0) is 6.54 Å². The van der Waals surface area contributed by atoms with Crippen molar-refractivity contribution in [2.24, 2.45) is 5.92 Å². The van der Waals surface area contributed by atoms with Gasteiger partial charge in [-0.15, -0.1) is 0 Å². The number of amides is 1.